The zero-order valence-corrected chi connectivity index (χ0v) is 5.20. The summed E-state index contributed by atoms with van der Waals surface area (Å²) in [6.45, 7) is 1.37. The summed E-state index contributed by atoms with van der Waals surface area (Å²) in [6, 6.07) is 0. The minimum absolute atomic E-state index is 0.0185. The van der Waals surface area contributed by atoms with E-state index < -0.39 is 6.08 Å². The molecule has 0 atom stereocenters. The maximum atomic E-state index is 11.5. The Balaban J connectivity index is 4.00. The van der Waals surface area contributed by atoms with Crippen molar-refractivity contribution in [2.75, 3.05) is 14.1 Å². The van der Waals surface area contributed by atoms with Crippen molar-refractivity contribution in [3.8, 4) is 0 Å². The molecule has 0 aromatic rings. The lowest BCUT2D eigenvalue weighted by Crippen LogP contribution is -2.08. The number of halogens is 2. The summed E-state index contributed by atoms with van der Waals surface area (Å²) in [7, 11) is 3.16. The Morgan fingerprint density at radius 3 is 1.62 bits per heavy atom. The molecule has 0 aliphatic carbocycles. The van der Waals surface area contributed by atoms with E-state index in [1.54, 1.807) is 14.1 Å². The first kappa shape index (κ1) is 7.40. The topological polar surface area (TPSA) is 3.24 Å². The molecule has 0 bridgehead atoms. The molecule has 0 rings (SSSR count). The summed E-state index contributed by atoms with van der Waals surface area (Å²) in [5.41, 5.74) is 0.0185. The van der Waals surface area contributed by atoms with Gasteiger partial charge in [-0.05, 0) is 6.92 Å². The first-order valence-corrected chi connectivity index (χ1v) is 2.25. The van der Waals surface area contributed by atoms with Crippen molar-refractivity contribution in [2.24, 2.45) is 0 Å². The van der Waals surface area contributed by atoms with Crippen LogP contribution in [-0.4, -0.2) is 19.0 Å². The van der Waals surface area contributed by atoms with Gasteiger partial charge in [0.15, 0.2) is 0 Å². The largest absolute Gasteiger partial charge is 0.377 e. The standard InChI is InChI=1S/C5H9F2N/c1-4(5(6)7)8(2)3/h1-3H3. The lowest BCUT2D eigenvalue weighted by atomic mass is 10.5. The zero-order chi connectivity index (χ0) is 6.73. The first-order valence-electron chi connectivity index (χ1n) is 2.25. The molecule has 0 spiro atoms. The highest BCUT2D eigenvalue weighted by atomic mass is 19.3. The van der Waals surface area contributed by atoms with Gasteiger partial charge in [0.2, 0.25) is 0 Å². The first-order chi connectivity index (χ1) is 3.55. The van der Waals surface area contributed by atoms with Crippen molar-refractivity contribution in [1.29, 1.82) is 0 Å². The summed E-state index contributed by atoms with van der Waals surface area (Å²) in [5, 5.41) is 0. The maximum absolute atomic E-state index is 11.5. The van der Waals surface area contributed by atoms with Crippen molar-refractivity contribution in [1.82, 2.24) is 4.90 Å². The van der Waals surface area contributed by atoms with E-state index in [9.17, 15) is 8.78 Å². The van der Waals surface area contributed by atoms with Gasteiger partial charge < -0.3 is 4.90 Å². The van der Waals surface area contributed by atoms with Crippen LogP contribution < -0.4 is 0 Å². The van der Waals surface area contributed by atoms with Crippen LogP contribution >= 0.6 is 0 Å². The predicted molar refractivity (Wildman–Crippen MR) is 28.6 cm³/mol. The summed E-state index contributed by atoms with van der Waals surface area (Å²) >= 11 is 0. The zero-order valence-electron chi connectivity index (χ0n) is 5.20. The summed E-state index contributed by atoms with van der Waals surface area (Å²) in [6.07, 6.45) is -1.62. The van der Waals surface area contributed by atoms with E-state index in [0.717, 1.165) is 0 Å². The lowest BCUT2D eigenvalue weighted by molar-refractivity contribution is 0.367. The second kappa shape index (κ2) is 2.64. The van der Waals surface area contributed by atoms with Gasteiger partial charge in [0.1, 0.15) is 0 Å². The Hall–Kier alpha value is -0.600. The fourth-order valence-electron chi connectivity index (χ4n) is 0.169. The summed E-state index contributed by atoms with van der Waals surface area (Å²) < 4.78 is 23.0. The van der Waals surface area contributed by atoms with Crippen molar-refractivity contribution >= 4 is 0 Å². The highest BCUT2D eigenvalue weighted by Gasteiger charge is 1.98. The van der Waals surface area contributed by atoms with Gasteiger partial charge in [-0.15, -0.1) is 0 Å². The predicted octanol–water partition coefficient (Wildman–Crippen LogP) is 1.68. The molecule has 0 aromatic heterocycles. The molecule has 0 N–H and O–H groups in total. The normalized spacial score (nSPS) is 8.62. The van der Waals surface area contributed by atoms with Crippen molar-refractivity contribution in [3.63, 3.8) is 0 Å². The monoisotopic (exact) mass is 121 g/mol. The molecule has 0 unspecified atom stereocenters. The molecule has 0 amide bonds. The summed E-state index contributed by atoms with van der Waals surface area (Å²) in [4.78, 5) is 1.37. The Morgan fingerprint density at radius 2 is 1.62 bits per heavy atom. The lowest BCUT2D eigenvalue weighted by Gasteiger charge is -2.09. The van der Waals surface area contributed by atoms with Crippen molar-refractivity contribution in [2.45, 2.75) is 6.92 Å². The van der Waals surface area contributed by atoms with Gasteiger partial charge in [0.25, 0.3) is 6.08 Å². The van der Waals surface area contributed by atoms with E-state index in [4.69, 9.17) is 0 Å². The molecule has 0 heterocycles. The Bertz CT molecular complexity index is 103. The molecule has 8 heavy (non-hydrogen) atoms. The second-order valence-corrected chi connectivity index (χ2v) is 1.74. The Labute approximate surface area is 47.6 Å². The smallest absolute Gasteiger partial charge is 0.288 e. The van der Waals surface area contributed by atoms with Crippen LogP contribution in [0.15, 0.2) is 11.8 Å². The van der Waals surface area contributed by atoms with E-state index in [2.05, 4.69) is 0 Å². The van der Waals surface area contributed by atoms with E-state index in [1.165, 1.54) is 11.8 Å². The van der Waals surface area contributed by atoms with Crippen LogP contribution in [0.25, 0.3) is 0 Å². The van der Waals surface area contributed by atoms with Gasteiger partial charge in [0, 0.05) is 14.1 Å². The molecule has 0 radical (unpaired) electrons. The molecule has 0 fully saturated rings. The van der Waals surface area contributed by atoms with Crippen LogP contribution in [-0.2, 0) is 0 Å². The average Bonchev–Trinajstić information content (AvgIpc) is 1.64. The summed E-state index contributed by atoms with van der Waals surface area (Å²) in [5.74, 6) is 0. The van der Waals surface area contributed by atoms with E-state index in [1.807, 2.05) is 0 Å². The van der Waals surface area contributed by atoms with Gasteiger partial charge >= 0.3 is 0 Å². The van der Waals surface area contributed by atoms with Gasteiger partial charge in [-0.25, -0.2) is 0 Å². The molecule has 0 saturated carbocycles. The molecule has 48 valence electrons. The molecular formula is C5H9F2N. The second-order valence-electron chi connectivity index (χ2n) is 1.74. The fraction of sp³-hybridized carbons (Fsp3) is 0.600. The number of hydrogen-bond acceptors (Lipinski definition) is 1. The van der Waals surface area contributed by atoms with Gasteiger partial charge in [-0.2, -0.15) is 8.78 Å². The van der Waals surface area contributed by atoms with Gasteiger partial charge in [-0.1, -0.05) is 0 Å². The van der Waals surface area contributed by atoms with E-state index in [0.29, 0.717) is 0 Å². The van der Waals surface area contributed by atoms with Crippen LogP contribution in [0.1, 0.15) is 6.92 Å². The van der Waals surface area contributed by atoms with Crippen LogP contribution in [0, 0.1) is 0 Å². The third-order valence-electron chi connectivity index (χ3n) is 0.944. The fourth-order valence-corrected chi connectivity index (χ4v) is 0.169. The third-order valence-corrected chi connectivity index (χ3v) is 0.944. The highest BCUT2D eigenvalue weighted by molar-refractivity contribution is 4.94. The Morgan fingerprint density at radius 1 is 1.25 bits per heavy atom. The molecular weight excluding hydrogens is 112 g/mol. The molecule has 3 heteroatoms. The van der Waals surface area contributed by atoms with Crippen molar-refractivity contribution < 1.29 is 8.78 Å². The minimum Gasteiger partial charge on any atom is -0.377 e. The van der Waals surface area contributed by atoms with Gasteiger partial charge in [0.05, 0.1) is 5.70 Å². The van der Waals surface area contributed by atoms with Crippen molar-refractivity contribution in [3.05, 3.63) is 11.8 Å². The van der Waals surface area contributed by atoms with Crippen LogP contribution in [0.4, 0.5) is 8.78 Å². The minimum atomic E-state index is -1.62. The maximum Gasteiger partial charge on any atom is 0.288 e. The number of nitrogens with zero attached hydrogens (tertiary/aromatic N) is 1. The van der Waals surface area contributed by atoms with E-state index >= 15 is 0 Å². The molecule has 1 nitrogen and oxygen atoms in total. The Kier molecular flexibility index (Phi) is 2.45. The quantitative estimate of drug-likeness (QED) is 0.510. The molecule has 0 saturated heterocycles. The number of hydrogen-bond donors (Lipinski definition) is 0. The highest BCUT2D eigenvalue weighted by Crippen LogP contribution is 2.07. The SMILES string of the molecule is CC(=C(F)F)N(C)C. The molecule has 0 aromatic carbocycles. The average molecular weight is 121 g/mol. The van der Waals surface area contributed by atoms with Crippen LogP contribution in [0.5, 0.6) is 0 Å². The van der Waals surface area contributed by atoms with Crippen LogP contribution in [0.2, 0.25) is 0 Å². The number of allylic oxidation sites excluding steroid dienone is 1. The van der Waals surface area contributed by atoms with Gasteiger partial charge in [-0.3, -0.25) is 0 Å². The molecule has 0 aliphatic heterocycles. The van der Waals surface area contributed by atoms with E-state index in [-0.39, 0.29) is 5.70 Å². The third kappa shape index (κ3) is 1.91. The van der Waals surface area contributed by atoms with Crippen LogP contribution in [0.3, 0.4) is 0 Å². The molecule has 0 aliphatic rings. The number of rotatable bonds is 1.